The number of carbonyl (C=O) groups excluding carboxylic acids is 1. The lowest BCUT2D eigenvalue weighted by molar-refractivity contribution is 0.102. The van der Waals surface area contributed by atoms with Crippen molar-refractivity contribution in [2.45, 2.75) is 11.8 Å². The van der Waals surface area contributed by atoms with Crippen LogP contribution in [0, 0.1) is 6.92 Å². The predicted molar refractivity (Wildman–Crippen MR) is 125 cm³/mol. The Morgan fingerprint density at radius 3 is 2.34 bits per heavy atom. The van der Waals surface area contributed by atoms with Gasteiger partial charge >= 0.3 is 0 Å². The summed E-state index contributed by atoms with van der Waals surface area (Å²) in [5, 5.41) is 7.48. The SMILES string of the molecule is Cc1cnn(-c2ccc(C(=O)Nc3cccc(S(=O)(=O)Nc4ccc(Cl)cc4)c3)cc2)c1. The lowest BCUT2D eigenvalue weighted by atomic mass is 10.2. The average molecular weight is 467 g/mol. The molecule has 7 nitrogen and oxygen atoms in total. The molecule has 0 bridgehead atoms. The number of halogens is 1. The second-order valence-electron chi connectivity index (χ2n) is 7.10. The van der Waals surface area contributed by atoms with Gasteiger partial charge in [0.15, 0.2) is 0 Å². The van der Waals surface area contributed by atoms with Crippen LogP contribution in [0.4, 0.5) is 11.4 Å². The van der Waals surface area contributed by atoms with Gasteiger partial charge in [-0.1, -0.05) is 17.7 Å². The number of rotatable bonds is 6. The van der Waals surface area contributed by atoms with Crippen LogP contribution in [0.5, 0.6) is 0 Å². The number of amides is 1. The van der Waals surface area contributed by atoms with Gasteiger partial charge < -0.3 is 5.32 Å². The number of carbonyl (C=O) groups is 1. The molecule has 32 heavy (non-hydrogen) atoms. The molecule has 0 aliphatic rings. The molecule has 0 aliphatic heterocycles. The fourth-order valence-corrected chi connectivity index (χ4v) is 4.23. The summed E-state index contributed by atoms with van der Waals surface area (Å²) >= 11 is 5.84. The van der Waals surface area contributed by atoms with Crippen molar-refractivity contribution in [3.63, 3.8) is 0 Å². The summed E-state index contributed by atoms with van der Waals surface area (Å²) in [6.45, 7) is 1.95. The van der Waals surface area contributed by atoms with Crippen molar-refractivity contribution in [3.05, 3.63) is 101 Å². The highest BCUT2D eigenvalue weighted by atomic mass is 35.5. The topological polar surface area (TPSA) is 93.1 Å². The average Bonchev–Trinajstić information content (AvgIpc) is 3.22. The molecule has 0 spiro atoms. The summed E-state index contributed by atoms with van der Waals surface area (Å²) in [7, 11) is -3.84. The molecule has 4 rings (SSSR count). The maximum atomic E-state index is 12.7. The third-order valence-electron chi connectivity index (χ3n) is 4.60. The highest BCUT2D eigenvalue weighted by Crippen LogP contribution is 2.21. The molecule has 0 saturated carbocycles. The van der Waals surface area contributed by atoms with E-state index in [4.69, 9.17) is 11.6 Å². The van der Waals surface area contributed by atoms with Gasteiger partial charge in [0.1, 0.15) is 0 Å². The first kappa shape index (κ1) is 21.6. The number of benzene rings is 3. The van der Waals surface area contributed by atoms with Crippen molar-refractivity contribution < 1.29 is 13.2 Å². The zero-order chi connectivity index (χ0) is 22.7. The molecule has 2 N–H and O–H groups in total. The van der Waals surface area contributed by atoms with E-state index >= 15 is 0 Å². The standard InChI is InChI=1S/C23H19ClN4O3S/c1-16-14-25-28(15-16)21-11-5-17(6-12-21)23(29)26-20-3-2-4-22(13-20)32(30,31)27-19-9-7-18(24)8-10-19/h2-15,27H,1H3,(H,26,29). The molecule has 0 radical (unpaired) electrons. The van der Waals surface area contributed by atoms with Gasteiger partial charge in [-0.25, -0.2) is 13.1 Å². The van der Waals surface area contributed by atoms with Crippen LogP contribution in [0.2, 0.25) is 5.02 Å². The van der Waals surface area contributed by atoms with Crippen molar-refractivity contribution in [1.29, 1.82) is 0 Å². The van der Waals surface area contributed by atoms with Gasteiger partial charge in [-0.05, 0) is 79.2 Å². The first-order chi connectivity index (χ1) is 15.3. The van der Waals surface area contributed by atoms with E-state index in [9.17, 15) is 13.2 Å². The lowest BCUT2D eigenvalue weighted by Gasteiger charge is -2.11. The number of aromatic nitrogens is 2. The molecule has 0 saturated heterocycles. The quantitative estimate of drug-likeness (QED) is 0.423. The Labute approximate surface area is 190 Å². The van der Waals surface area contributed by atoms with Crippen molar-refractivity contribution in [1.82, 2.24) is 9.78 Å². The number of sulfonamides is 1. The molecule has 3 aromatic carbocycles. The summed E-state index contributed by atoms with van der Waals surface area (Å²) < 4.78 is 29.6. The Hall–Kier alpha value is -3.62. The fraction of sp³-hybridized carbons (Fsp3) is 0.0435. The summed E-state index contributed by atoms with van der Waals surface area (Å²) in [5.41, 5.74) is 3.05. The predicted octanol–water partition coefficient (Wildman–Crippen LogP) is 4.89. The van der Waals surface area contributed by atoms with Gasteiger partial charge in [-0.3, -0.25) is 9.52 Å². The second-order valence-corrected chi connectivity index (χ2v) is 9.22. The first-order valence-corrected chi connectivity index (χ1v) is 11.5. The van der Waals surface area contributed by atoms with Gasteiger partial charge in [0, 0.05) is 28.2 Å². The minimum atomic E-state index is -3.84. The summed E-state index contributed by atoms with van der Waals surface area (Å²) in [6, 6.07) is 19.3. The fourth-order valence-electron chi connectivity index (χ4n) is 3.00. The minimum absolute atomic E-state index is 0.0228. The largest absolute Gasteiger partial charge is 0.322 e. The van der Waals surface area contributed by atoms with Crippen LogP contribution in [-0.2, 0) is 10.0 Å². The maximum absolute atomic E-state index is 12.7. The Kier molecular flexibility index (Phi) is 5.98. The van der Waals surface area contributed by atoms with Crippen LogP contribution < -0.4 is 10.0 Å². The third-order valence-corrected chi connectivity index (χ3v) is 6.24. The first-order valence-electron chi connectivity index (χ1n) is 9.62. The molecular weight excluding hydrogens is 448 g/mol. The van der Waals surface area contributed by atoms with E-state index in [2.05, 4.69) is 15.1 Å². The van der Waals surface area contributed by atoms with E-state index in [0.717, 1.165) is 11.3 Å². The van der Waals surface area contributed by atoms with Gasteiger partial charge in [0.2, 0.25) is 0 Å². The lowest BCUT2D eigenvalue weighted by Crippen LogP contribution is -2.15. The van der Waals surface area contributed by atoms with Gasteiger partial charge in [0.25, 0.3) is 15.9 Å². The van der Waals surface area contributed by atoms with Crippen LogP contribution in [0.3, 0.4) is 0 Å². The Bertz CT molecular complexity index is 1370. The number of hydrogen-bond donors (Lipinski definition) is 2. The van der Waals surface area contributed by atoms with E-state index < -0.39 is 10.0 Å². The number of anilines is 2. The Morgan fingerprint density at radius 2 is 1.69 bits per heavy atom. The van der Waals surface area contributed by atoms with E-state index in [1.54, 1.807) is 71.5 Å². The molecule has 4 aromatic rings. The number of aryl methyl sites for hydroxylation is 1. The monoisotopic (exact) mass is 466 g/mol. The number of hydrogen-bond acceptors (Lipinski definition) is 4. The number of nitrogens with one attached hydrogen (secondary N) is 2. The number of nitrogens with zero attached hydrogens (tertiary/aromatic N) is 2. The maximum Gasteiger partial charge on any atom is 0.261 e. The molecule has 9 heteroatoms. The molecule has 162 valence electrons. The normalized spacial score (nSPS) is 11.2. The highest BCUT2D eigenvalue weighted by molar-refractivity contribution is 7.92. The molecule has 1 aromatic heterocycles. The van der Waals surface area contributed by atoms with Crippen LogP contribution in [0.15, 0.2) is 90.1 Å². The molecule has 1 heterocycles. The van der Waals surface area contributed by atoms with Crippen molar-refractivity contribution in [2.24, 2.45) is 0 Å². The van der Waals surface area contributed by atoms with Crippen LogP contribution in [0.25, 0.3) is 5.69 Å². The molecule has 0 aliphatic carbocycles. The summed E-state index contributed by atoms with van der Waals surface area (Å²) in [5.74, 6) is -0.353. The van der Waals surface area contributed by atoms with Crippen molar-refractivity contribution in [3.8, 4) is 5.69 Å². The van der Waals surface area contributed by atoms with Gasteiger partial charge in [0.05, 0.1) is 16.8 Å². The summed E-state index contributed by atoms with van der Waals surface area (Å²) in [4.78, 5) is 12.7. The third kappa shape index (κ3) is 4.99. The van der Waals surface area contributed by atoms with Crippen molar-refractivity contribution >= 4 is 38.9 Å². The Morgan fingerprint density at radius 1 is 0.969 bits per heavy atom. The minimum Gasteiger partial charge on any atom is -0.322 e. The molecule has 0 fully saturated rings. The van der Waals surface area contributed by atoms with Crippen LogP contribution >= 0.6 is 11.6 Å². The molecular formula is C23H19ClN4O3S. The molecule has 1 amide bonds. The zero-order valence-corrected chi connectivity index (χ0v) is 18.6. The van der Waals surface area contributed by atoms with E-state index in [0.29, 0.717) is 22.0 Å². The smallest absolute Gasteiger partial charge is 0.261 e. The van der Waals surface area contributed by atoms with Crippen molar-refractivity contribution in [2.75, 3.05) is 10.0 Å². The van der Waals surface area contributed by atoms with Gasteiger partial charge in [-0.15, -0.1) is 0 Å². The zero-order valence-electron chi connectivity index (χ0n) is 17.0. The second kappa shape index (κ2) is 8.86. The highest BCUT2D eigenvalue weighted by Gasteiger charge is 2.16. The summed E-state index contributed by atoms with van der Waals surface area (Å²) in [6.07, 6.45) is 3.64. The Balaban J connectivity index is 1.48. The van der Waals surface area contributed by atoms with E-state index in [-0.39, 0.29) is 10.8 Å². The van der Waals surface area contributed by atoms with Crippen LogP contribution in [-0.4, -0.2) is 24.1 Å². The molecule has 0 atom stereocenters. The van der Waals surface area contributed by atoms with Gasteiger partial charge in [-0.2, -0.15) is 5.10 Å². The van der Waals surface area contributed by atoms with Crippen LogP contribution in [0.1, 0.15) is 15.9 Å². The van der Waals surface area contributed by atoms with E-state index in [1.165, 1.54) is 12.1 Å². The van der Waals surface area contributed by atoms with E-state index in [1.807, 2.05) is 13.1 Å². The molecule has 0 unspecified atom stereocenters.